The summed E-state index contributed by atoms with van der Waals surface area (Å²) in [6.45, 7) is 0. The number of amides is 2. The molecule has 2 aliphatic rings. The molecule has 2 fully saturated rings. The number of rotatable bonds is 4. The van der Waals surface area contributed by atoms with Crippen LogP contribution < -0.4 is 10.6 Å². The first-order chi connectivity index (χ1) is 11.7. The van der Waals surface area contributed by atoms with E-state index in [-0.39, 0.29) is 11.8 Å². The maximum Gasteiger partial charge on any atom is 0.248 e. The lowest BCUT2D eigenvalue weighted by atomic mass is 9.86. The maximum atomic E-state index is 13.3. The Morgan fingerprint density at radius 1 is 0.833 bits per heavy atom. The van der Waals surface area contributed by atoms with Crippen LogP contribution in [0, 0.1) is 5.92 Å². The van der Waals surface area contributed by atoms with Crippen LogP contribution in [0.25, 0.3) is 0 Å². The smallest absolute Gasteiger partial charge is 0.248 e. The summed E-state index contributed by atoms with van der Waals surface area (Å²) < 4.78 is 0. The van der Waals surface area contributed by atoms with Gasteiger partial charge in [0.05, 0.1) is 0 Å². The Kier molecular flexibility index (Phi) is 5.54. The minimum Gasteiger partial charge on any atom is -0.366 e. The Balaban J connectivity index is 1.85. The molecule has 0 unspecified atom stereocenters. The molecule has 2 N–H and O–H groups in total. The van der Waals surface area contributed by atoms with Crippen molar-refractivity contribution in [3.63, 3.8) is 0 Å². The fourth-order valence-corrected chi connectivity index (χ4v) is 4.19. The van der Waals surface area contributed by atoms with Crippen molar-refractivity contribution in [3.05, 3.63) is 29.8 Å². The van der Waals surface area contributed by atoms with Crippen molar-refractivity contribution in [1.29, 1.82) is 0 Å². The van der Waals surface area contributed by atoms with Gasteiger partial charge in [-0.25, -0.2) is 0 Å². The van der Waals surface area contributed by atoms with E-state index in [1.54, 1.807) is 12.1 Å². The molecule has 0 atom stereocenters. The minimum atomic E-state index is -0.427. The number of hydrogen-bond donors (Lipinski definition) is 1. The summed E-state index contributed by atoms with van der Waals surface area (Å²) in [5.41, 5.74) is 6.75. The number of nitrogens with two attached hydrogens (primary N) is 1. The fourth-order valence-electron chi connectivity index (χ4n) is 4.19. The standard InChI is InChI=1S/C20H28N2O2/c21-19(23)15-11-13-18(14-12-15)22(17-9-5-2-6-10-17)20(24)16-7-3-1-4-8-16/h11-14,16-17H,1-10H2,(H2,21,23). The Labute approximate surface area is 144 Å². The molecule has 24 heavy (non-hydrogen) atoms. The predicted molar refractivity (Wildman–Crippen MR) is 95.9 cm³/mol. The summed E-state index contributed by atoms with van der Waals surface area (Å²) in [5, 5.41) is 0. The van der Waals surface area contributed by atoms with Crippen molar-refractivity contribution < 1.29 is 9.59 Å². The van der Waals surface area contributed by atoms with Gasteiger partial charge in [-0.05, 0) is 49.9 Å². The number of anilines is 1. The number of benzene rings is 1. The SMILES string of the molecule is NC(=O)c1ccc(N(C(=O)C2CCCCC2)C2CCCCC2)cc1. The second-order valence-corrected chi connectivity index (χ2v) is 7.25. The summed E-state index contributed by atoms with van der Waals surface area (Å²) in [6.07, 6.45) is 11.4. The van der Waals surface area contributed by atoms with E-state index in [4.69, 9.17) is 5.73 Å². The Hall–Kier alpha value is -1.84. The van der Waals surface area contributed by atoms with Gasteiger partial charge in [-0.1, -0.05) is 38.5 Å². The number of nitrogens with zero attached hydrogens (tertiary/aromatic N) is 1. The molecule has 0 aromatic heterocycles. The van der Waals surface area contributed by atoms with E-state index >= 15 is 0 Å². The first-order valence-corrected chi connectivity index (χ1v) is 9.40. The third-order valence-electron chi connectivity index (χ3n) is 5.56. The first kappa shape index (κ1) is 17.0. The van der Waals surface area contributed by atoms with E-state index in [9.17, 15) is 9.59 Å². The van der Waals surface area contributed by atoms with Crippen LogP contribution in [0.5, 0.6) is 0 Å². The van der Waals surface area contributed by atoms with Crippen LogP contribution in [0.1, 0.15) is 74.6 Å². The van der Waals surface area contributed by atoms with E-state index in [1.165, 1.54) is 25.7 Å². The van der Waals surface area contributed by atoms with Crippen LogP contribution in [-0.2, 0) is 4.79 Å². The molecule has 0 aliphatic heterocycles. The van der Waals surface area contributed by atoms with Crippen LogP contribution in [-0.4, -0.2) is 17.9 Å². The summed E-state index contributed by atoms with van der Waals surface area (Å²) >= 11 is 0. The van der Waals surface area contributed by atoms with Gasteiger partial charge in [0.2, 0.25) is 11.8 Å². The monoisotopic (exact) mass is 328 g/mol. The van der Waals surface area contributed by atoms with E-state index in [1.807, 2.05) is 17.0 Å². The zero-order valence-electron chi connectivity index (χ0n) is 14.4. The lowest BCUT2D eigenvalue weighted by Crippen LogP contribution is -2.45. The molecule has 2 aliphatic carbocycles. The van der Waals surface area contributed by atoms with E-state index < -0.39 is 5.91 Å². The highest BCUT2D eigenvalue weighted by Crippen LogP contribution is 2.32. The number of hydrogen-bond acceptors (Lipinski definition) is 2. The van der Waals surface area contributed by atoms with Gasteiger partial charge in [0.15, 0.2) is 0 Å². The summed E-state index contributed by atoms with van der Waals surface area (Å²) in [7, 11) is 0. The molecule has 0 radical (unpaired) electrons. The second-order valence-electron chi connectivity index (χ2n) is 7.25. The van der Waals surface area contributed by atoms with Crippen LogP contribution in [0.2, 0.25) is 0 Å². The van der Waals surface area contributed by atoms with Gasteiger partial charge in [-0.2, -0.15) is 0 Å². The van der Waals surface area contributed by atoms with E-state index in [2.05, 4.69) is 0 Å². The van der Waals surface area contributed by atoms with Crippen molar-refractivity contribution in [1.82, 2.24) is 0 Å². The van der Waals surface area contributed by atoms with Gasteiger partial charge in [-0.3, -0.25) is 9.59 Å². The van der Waals surface area contributed by atoms with E-state index in [0.29, 0.717) is 11.6 Å². The number of primary amides is 1. The Morgan fingerprint density at radius 3 is 1.92 bits per heavy atom. The maximum absolute atomic E-state index is 13.3. The summed E-state index contributed by atoms with van der Waals surface area (Å²) in [4.78, 5) is 26.6. The molecule has 1 aromatic rings. The molecule has 0 bridgehead atoms. The quantitative estimate of drug-likeness (QED) is 0.907. The van der Waals surface area contributed by atoms with Crippen LogP contribution in [0.4, 0.5) is 5.69 Å². The molecule has 3 rings (SSSR count). The molecule has 4 heteroatoms. The highest BCUT2D eigenvalue weighted by atomic mass is 16.2. The average molecular weight is 328 g/mol. The first-order valence-electron chi connectivity index (χ1n) is 9.40. The van der Waals surface area contributed by atoms with Gasteiger partial charge in [0, 0.05) is 23.2 Å². The van der Waals surface area contributed by atoms with Crippen molar-refractivity contribution in [2.75, 3.05) is 4.90 Å². The molecule has 1 aromatic carbocycles. The van der Waals surface area contributed by atoms with E-state index in [0.717, 1.165) is 44.2 Å². The third kappa shape index (κ3) is 3.80. The largest absolute Gasteiger partial charge is 0.366 e. The predicted octanol–water partition coefficient (Wildman–Crippen LogP) is 4.03. The molecule has 0 heterocycles. The van der Waals surface area contributed by atoms with Gasteiger partial charge in [0.1, 0.15) is 0 Å². The molecule has 130 valence electrons. The van der Waals surface area contributed by atoms with Gasteiger partial charge >= 0.3 is 0 Å². The van der Waals surface area contributed by atoms with Crippen molar-refractivity contribution >= 4 is 17.5 Å². The zero-order chi connectivity index (χ0) is 16.9. The van der Waals surface area contributed by atoms with Gasteiger partial charge in [0.25, 0.3) is 0 Å². The third-order valence-corrected chi connectivity index (χ3v) is 5.56. The average Bonchev–Trinajstić information content (AvgIpc) is 2.64. The van der Waals surface area contributed by atoms with Crippen molar-refractivity contribution in [2.45, 2.75) is 70.3 Å². The Bertz CT molecular complexity index is 570. The number of carbonyl (C=O) groups excluding carboxylic acids is 2. The fraction of sp³-hybridized carbons (Fsp3) is 0.600. The molecule has 2 saturated carbocycles. The highest BCUT2D eigenvalue weighted by molar-refractivity contribution is 5.97. The van der Waals surface area contributed by atoms with Crippen LogP contribution in [0.3, 0.4) is 0 Å². The van der Waals surface area contributed by atoms with Gasteiger partial charge < -0.3 is 10.6 Å². The molecule has 0 saturated heterocycles. The topological polar surface area (TPSA) is 63.4 Å². The molecule has 0 spiro atoms. The molecular formula is C20H28N2O2. The second kappa shape index (κ2) is 7.82. The van der Waals surface area contributed by atoms with Gasteiger partial charge in [-0.15, -0.1) is 0 Å². The summed E-state index contributed by atoms with van der Waals surface area (Å²) in [5.74, 6) is 0.0225. The molecule has 2 amide bonds. The number of carbonyl (C=O) groups is 2. The Morgan fingerprint density at radius 2 is 1.38 bits per heavy atom. The molecular weight excluding hydrogens is 300 g/mol. The highest BCUT2D eigenvalue weighted by Gasteiger charge is 2.32. The van der Waals surface area contributed by atoms with Crippen LogP contribution >= 0.6 is 0 Å². The lowest BCUT2D eigenvalue weighted by Gasteiger charge is -2.37. The summed E-state index contributed by atoms with van der Waals surface area (Å²) in [6, 6.07) is 7.54. The van der Waals surface area contributed by atoms with Crippen molar-refractivity contribution in [3.8, 4) is 0 Å². The van der Waals surface area contributed by atoms with Crippen molar-refractivity contribution in [2.24, 2.45) is 11.7 Å². The lowest BCUT2D eigenvalue weighted by molar-refractivity contribution is -0.124. The zero-order valence-corrected chi connectivity index (χ0v) is 14.4. The minimum absolute atomic E-state index is 0.163. The molecule has 4 nitrogen and oxygen atoms in total. The normalized spacial score (nSPS) is 19.8. The van der Waals surface area contributed by atoms with Crippen LogP contribution in [0.15, 0.2) is 24.3 Å².